The first kappa shape index (κ1) is 27.1. The van der Waals surface area contributed by atoms with Crippen LogP contribution in [0.5, 0.6) is 0 Å². The summed E-state index contributed by atoms with van der Waals surface area (Å²) >= 11 is 19.5. The molecule has 1 amide bonds. The lowest BCUT2D eigenvalue weighted by atomic mass is 9.93. The van der Waals surface area contributed by atoms with Gasteiger partial charge in [0.05, 0.1) is 34.5 Å². The van der Waals surface area contributed by atoms with E-state index in [9.17, 15) is 9.59 Å². The summed E-state index contributed by atoms with van der Waals surface area (Å²) in [5, 5.41) is 1.41. The maximum absolute atomic E-state index is 13.5. The van der Waals surface area contributed by atoms with E-state index in [0.717, 1.165) is 29.8 Å². The van der Waals surface area contributed by atoms with E-state index >= 15 is 0 Å². The fraction of sp³-hybridized carbons (Fsp3) is 0.379. The predicted molar refractivity (Wildman–Crippen MR) is 148 cm³/mol. The standard InChI is InChI=1S/C29H29Cl3N2O4/c1-2-37-27(36)15-18-10-13-33(14-11-18)26(35)17-25-24-7-4-12-34(24)23-9-8-19(30)16-21(23)29(38-25)20-5-3-6-22(31)28(20)32/h3-9,12,16,18,25,29H,2,10-11,13-15,17H2,1H3/t25-,29-/m1/s1. The number of nitrogens with zero attached hydrogens (tertiary/aromatic N) is 2. The Kier molecular flexibility index (Phi) is 8.34. The predicted octanol–water partition coefficient (Wildman–Crippen LogP) is 7.18. The summed E-state index contributed by atoms with van der Waals surface area (Å²) in [6.45, 7) is 3.41. The molecule has 6 nitrogen and oxygen atoms in total. The number of esters is 1. The number of halogens is 3. The van der Waals surface area contributed by atoms with Gasteiger partial charge in [-0.25, -0.2) is 0 Å². The largest absolute Gasteiger partial charge is 0.466 e. The molecule has 1 saturated heterocycles. The molecule has 200 valence electrons. The average Bonchev–Trinajstić information content (AvgIpc) is 3.34. The molecule has 0 N–H and O–H groups in total. The highest BCUT2D eigenvalue weighted by Crippen LogP contribution is 2.45. The van der Waals surface area contributed by atoms with Gasteiger partial charge < -0.3 is 18.9 Å². The van der Waals surface area contributed by atoms with Crippen molar-refractivity contribution < 1.29 is 19.1 Å². The van der Waals surface area contributed by atoms with Crippen LogP contribution in [0.25, 0.3) is 5.69 Å². The van der Waals surface area contributed by atoms with Crippen LogP contribution in [-0.4, -0.2) is 41.0 Å². The molecule has 0 bridgehead atoms. The Morgan fingerprint density at radius 3 is 2.55 bits per heavy atom. The lowest BCUT2D eigenvalue weighted by Crippen LogP contribution is -2.39. The number of amides is 1. The smallest absolute Gasteiger partial charge is 0.306 e. The van der Waals surface area contributed by atoms with Crippen molar-refractivity contribution in [1.29, 1.82) is 0 Å². The van der Waals surface area contributed by atoms with Crippen molar-refractivity contribution in [2.24, 2.45) is 5.92 Å². The molecule has 1 fully saturated rings. The van der Waals surface area contributed by atoms with Crippen LogP contribution in [0.3, 0.4) is 0 Å². The third-order valence-electron chi connectivity index (χ3n) is 7.29. The number of likely N-dealkylation sites (tertiary alicyclic amines) is 1. The molecule has 0 radical (unpaired) electrons. The maximum Gasteiger partial charge on any atom is 0.306 e. The highest BCUT2D eigenvalue weighted by molar-refractivity contribution is 6.42. The second-order valence-corrected chi connectivity index (χ2v) is 10.9. The van der Waals surface area contributed by atoms with Gasteiger partial charge in [0, 0.05) is 41.9 Å². The third-order valence-corrected chi connectivity index (χ3v) is 8.36. The molecule has 3 aromatic rings. The average molecular weight is 576 g/mol. The van der Waals surface area contributed by atoms with Crippen LogP contribution >= 0.6 is 34.8 Å². The fourth-order valence-corrected chi connectivity index (χ4v) is 5.97. The zero-order chi connectivity index (χ0) is 26.8. The topological polar surface area (TPSA) is 60.8 Å². The maximum atomic E-state index is 13.5. The Morgan fingerprint density at radius 1 is 1.00 bits per heavy atom. The zero-order valence-corrected chi connectivity index (χ0v) is 23.3. The van der Waals surface area contributed by atoms with Crippen LogP contribution in [0.15, 0.2) is 54.7 Å². The number of ether oxygens (including phenoxy) is 2. The van der Waals surface area contributed by atoms with Gasteiger partial charge in [-0.15, -0.1) is 0 Å². The van der Waals surface area contributed by atoms with E-state index in [2.05, 4.69) is 0 Å². The van der Waals surface area contributed by atoms with Gasteiger partial charge in [0.2, 0.25) is 5.91 Å². The Labute approximate surface area is 237 Å². The van der Waals surface area contributed by atoms with Crippen molar-refractivity contribution in [3.05, 3.63) is 86.6 Å². The monoisotopic (exact) mass is 574 g/mol. The number of fused-ring (bicyclic) bond motifs is 3. The molecule has 1 aromatic heterocycles. The van der Waals surface area contributed by atoms with Gasteiger partial charge in [0.25, 0.3) is 0 Å². The van der Waals surface area contributed by atoms with E-state index in [1.165, 1.54) is 0 Å². The lowest BCUT2D eigenvalue weighted by molar-refractivity contribution is -0.144. The molecular formula is C29H29Cl3N2O4. The Bertz CT molecular complexity index is 1330. The molecule has 2 aromatic carbocycles. The molecule has 9 heteroatoms. The molecule has 5 rings (SSSR count). The second kappa shape index (κ2) is 11.7. The number of carbonyl (C=O) groups is 2. The zero-order valence-electron chi connectivity index (χ0n) is 21.0. The minimum absolute atomic E-state index is 0.0114. The molecule has 0 unspecified atom stereocenters. The number of hydrogen-bond acceptors (Lipinski definition) is 4. The van der Waals surface area contributed by atoms with Crippen molar-refractivity contribution >= 4 is 46.7 Å². The highest BCUT2D eigenvalue weighted by atomic mass is 35.5. The van der Waals surface area contributed by atoms with Gasteiger partial charge in [-0.2, -0.15) is 0 Å². The summed E-state index contributed by atoms with van der Waals surface area (Å²) in [5.74, 6) is 0.0746. The van der Waals surface area contributed by atoms with Gasteiger partial charge in [0.1, 0.15) is 12.2 Å². The summed E-state index contributed by atoms with van der Waals surface area (Å²) in [6, 6.07) is 15.0. The van der Waals surface area contributed by atoms with Crippen LogP contribution in [-0.2, 0) is 19.1 Å². The first-order chi connectivity index (χ1) is 18.4. The SMILES string of the molecule is CCOC(=O)CC1CCN(C(=O)C[C@H]2O[C@H](c3cccc(Cl)c3Cl)c3cc(Cl)ccc3-n3cccc32)CC1. The van der Waals surface area contributed by atoms with Crippen molar-refractivity contribution in [2.75, 3.05) is 19.7 Å². The molecule has 0 aliphatic carbocycles. The van der Waals surface area contributed by atoms with Gasteiger partial charge in [0.15, 0.2) is 0 Å². The van der Waals surface area contributed by atoms with Crippen molar-refractivity contribution in [1.82, 2.24) is 9.47 Å². The molecule has 0 spiro atoms. The van der Waals surface area contributed by atoms with E-state index in [1.807, 2.05) is 65.1 Å². The Hall–Kier alpha value is -2.51. The molecule has 3 heterocycles. The fourth-order valence-electron chi connectivity index (χ4n) is 5.38. The number of rotatable bonds is 6. The van der Waals surface area contributed by atoms with E-state index in [-0.39, 0.29) is 24.2 Å². The van der Waals surface area contributed by atoms with Crippen LogP contribution in [0, 0.1) is 5.92 Å². The molecule has 2 atom stereocenters. The second-order valence-electron chi connectivity index (χ2n) is 9.69. The van der Waals surface area contributed by atoms with E-state index in [1.54, 1.807) is 6.07 Å². The van der Waals surface area contributed by atoms with Crippen LogP contribution in [0.1, 0.15) is 61.6 Å². The molecule has 2 aliphatic heterocycles. The molecule has 38 heavy (non-hydrogen) atoms. The third kappa shape index (κ3) is 5.59. The number of aromatic nitrogens is 1. The van der Waals surface area contributed by atoms with Gasteiger partial charge >= 0.3 is 5.97 Å². The molecule has 0 saturated carbocycles. The van der Waals surface area contributed by atoms with Crippen LogP contribution in [0.2, 0.25) is 15.1 Å². The van der Waals surface area contributed by atoms with Crippen molar-refractivity contribution in [3.8, 4) is 5.69 Å². The normalized spacial score (nSPS) is 19.4. The number of benzene rings is 2. The van der Waals surface area contributed by atoms with E-state index in [4.69, 9.17) is 44.3 Å². The summed E-state index contributed by atoms with van der Waals surface area (Å²) in [5.41, 5.74) is 3.34. The van der Waals surface area contributed by atoms with Crippen LogP contribution < -0.4 is 0 Å². The summed E-state index contributed by atoms with van der Waals surface area (Å²) in [7, 11) is 0. The van der Waals surface area contributed by atoms with Crippen molar-refractivity contribution in [3.63, 3.8) is 0 Å². The first-order valence-corrected chi connectivity index (χ1v) is 14.0. The van der Waals surface area contributed by atoms with Crippen LogP contribution in [0.4, 0.5) is 0 Å². The van der Waals surface area contributed by atoms with E-state index < -0.39 is 12.2 Å². The first-order valence-electron chi connectivity index (χ1n) is 12.9. The van der Waals surface area contributed by atoms with Gasteiger partial charge in [-0.05, 0) is 62.1 Å². The van der Waals surface area contributed by atoms with Crippen molar-refractivity contribution in [2.45, 2.75) is 44.8 Å². The molecule has 2 aliphatic rings. The summed E-state index contributed by atoms with van der Waals surface area (Å²) in [4.78, 5) is 27.3. The van der Waals surface area contributed by atoms with Gasteiger partial charge in [-0.3, -0.25) is 9.59 Å². The highest BCUT2D eigenvalue weighted by Gasteiger charge is 2.34. The Balaban J connectivity index is 1.40. The van der Waals surface area contributed by atoms with Gasteiger partial charge in [-0.1, -0.05) is 46.9 Å². The number of carbonyl (C=O) groups excluding carboxylic acids is 2. The molecular weight excluding hydrogens is 547 g/mol. The number of hydrogen-bond donors (Lipinski definition) is 0. The number of piperidine rings is 1. The quantitative estimate of drug-likeness (QED) is 0.292. The Morgan fingerprint density at radius 2 is 1.79 bits per heavy atom. The lowest BCUT2D eigenvalue weighted by Gasteiger charge is -2.33. The van der Waals surface area contributed by atoms with E-state index in [0.29, 0.717) is 46.7 Å². The summed E-state index contributed by atoms with van der Waals surface area (Å²) < 4.78 is 13.9. The summed E-state index contributed by atoms with van der Waals surface area (Å²) in [6.07, 6.45) is 2.98. The minimum atomic E-state index is -0.581. The minimum Gasteiger partial charge on any atom is -0.466 e.